The molecule has 2 aliphatic rings. The lowest BCUT2D eigenvalue weighted by atomic mass is 9.90. The Kier molecular flexibility index (Phi) is 5.34. The summed E-state index contributed by atoms with van der Waals surface area (Å²) in [6.07, 6.45) is -1.06. The van der Waals surface area contributed by atoms with Gasteiger partial charge < -0.3 is 0 Å². The lowest BCUT2D eigenvalue weighted by Gasteiger charge is -2.29. The maximum Gasteiger partial charge on any atom is 0.288 e. The molecule has 3 atom stereocenters. The number of benzene rings is 3. The van der Waals surface area contributed by atoms with E-state index in [0.717, 1.165) is 11.1 Å². The number of anilines is 2. The number of para-hydroxylation sites is 1. The van der Waals surface area contributed by atoms with Gasteiger partial charge in [0.15, 0.2) is 6.10 Å². The molecule has 2 saturated heterocycles. The number of amides is 2. The van der Waals surface area contributed by atoms with Crippen LogP contribution in [0.3, 0.4) is 0 Å². The molecule has 0 radical (unpaired) electrons. The first-order chi connectivity index (χ1) is 16.3. The molecule has 0 aliphatic carbocycles. The number of hydrogen-bond acceptors (Lipinski definition) is 6. The predicted octanol–water partition coefficient (Wildman–Crippen LogP) is 4.92. The van der Waals surface area contributed by atoms with Crippen LogP contribution in [0.15, 0.2) is 66.7 Å². The minimum absolute atomic E-state index is 0.0128. The first-order valence-electron chi connectivity index (χ1n) is 10.7. The lowest BCUT2D eigenvalue weighted by Crippen LogP contribution is -2.37. The van der Waals surface area contributed by atoms with Crippen LogP contribution in [-0.4, -0.2) is 22.8 Å². The predicted molar refractivity (Wildman–Crippen MR) is 127 cm³/mol. The molecule has 2 amide bonds. The third kappa shape index (κ3) is 3.43. The second kappa shape index (κ2) is 8.23. The van der Waals surface area contributed by atoms with Crippen molar-refractivity contribution in [3.8, 4) is 0 Å². The number of imide groups is 1. The number of nitro groups is 1. The quantitative estimate of drug-likeness (QED) is 0.301. The van der Waals surface area contributed by atoms with Gasteiger partial charge in [-0.05, 0) is 49.2 Å². The van der Waals surface area contributed by atoms with Gasteiger partial charge in [-0.15, -0.1) is 0 Å². The second-order valence-corrected chi connectivity index (χ2v) is 8.83. The monoisotopic (exact) mass is 477 g/mol. The van der Waals surface area contributed by atoms with Crippen LogP contribution in [0, 0.1) is 29.9 Å². The van der Waals surface area contributed by atoms with E-state index in [4.69, 9.17) is 16.4 Å². The van der Waals surface area contributed by atoms with Gasteiger partial charge in [0.2, 0.25) is 5.91 Å². The number of nitrogens with zero attached hydrogens (tertiary/aromatic N) is 3. The topological polar surface area (TPSA) is 93.0 Å². The van der Waals surface area contributed by atoms with Crippen molar-refractivity contribution in [2.24, 2.45) is 5.92 Å². The number of hydrogen-bond donors (Lipinski definition) is 0. The van der Waals surface area contributed by atoms with Crippen LogP contribution >= 0.6 is 11.6 Å². The zero-order chi connectivity index (χ0) is 24.1. The van der Waals surface area contributed by atoms with Crippen LogP contribution in [0.4, 0.5) is 17.1 Å². The standard InChI is InChI=1S/C25H20ClN3O5/c1-14-8-11-19(15(2)12-14)27-24(30)21-22(16-9-10-18(26)20(13-16)29(32)33)28(34-23(21)25(27)31)17-6-4-3-5-7-17/h3-13,21-23H,1-2H3/t21-,22+,23+/m0/s1. The molecule has 34 heavy (non-hydrogen) atoms. The summed E-state index contributed by atoms with van der Waals surface area (Å²) in [5, 5.41) is 13.0. The normalized spacial score (nSPS) is 21.8. The Hall–Kier alpha value is -3.75. The molecule has 172 valence electrons. The van der Waals surface area contributed by atoms with Gasteiger partial charge in [-0.3, -0.25) is 24.5 Å². The van der Waals surface area contributed by atoms with E-state index in [2.05, 4.69) is 0 Å². The summed E-state index contributed by atoms with van der Waals surface area (Å²) < 4.78 is 0. The molecule has 0 unspecified atom stereocenters. The summed E-state index contributed by atoms with van der Waals surface area (Å²) in [6, 6.07) is 18.1. The molecule has 2 aliphatic heterocycles. The van der Waals surface area contributed by atoms with Crippen LogP contribution in [0.1, 0.15) is 22.7 Å². The Labute approximate surface area is 200 Å². The molecule has 0 N–H and O–H groups in total. The number of rotatable bonds is 4. The number of hydroxylamine groups is 1. The van der Waals surface area contributed by atoms with Gasteiger partial charge in [0, 0.05) is 6.07 Å². The molecule has 0 aromatic heterocycles. The maximum absolute atomic E-state index is 13.7. The molecule has 0 spiro atoms. The van der Waals surface area contributed by atoms with Crippen LogP contribution in [0.5, 0.6) is 0 Å². The van der Waals surface area contributed by atoms with E-state index < -0.39 is 34.8 Å². The van der Waals surface area contributed by atoms with Crippen molar-refractivity contribution < 1.29 is 19.3 Å². The smallest absolute Gasteiger partial charge is 0.273 e. The SMILES string of the molecule is Cc1ccc(N2C(=O)[C@H]3[C@@H](c4ccc(Cl)c([N+](=O)[O-])c4)N(c4ccccc4)O[C@H]3C2=O)c(C)c1. The van der Waals surface area contributed by atoms with Gasteiger partial charge in [-0.2, -0.15) is 0 Å². The largest absolute Gasteiger partial charge is 0.288 e. The van der Waals surface area contributed by atoms with Gasteiger partial charge in [-0.25, -0.2) is 9.96 Å². The van der Waals surface area contributed by atoms with Crippen molar-refractivity contribution in [2.45, 2.75) is 26.0 Å². The molecule has 8 nitrogen and oxygen atoms in total. The highest BCUT2D eigenvalue weighted by atomic mass is 35.5. The Morgan fingerprint density at radius 3 is 2.38 bits per heavy atom. The Bertz CT molecular complexity index is 1330. The Balaban J connectivity index is 1.63. The molecular formula is C25H20ClN3O5. The summed E-state index contributed by atoms with van der Waals surface area (Å²) in [4.78, 5) is 45.4. The highest BCUT2D eigenvalue weighted by Gasteiger charge is 2.60. The average molecular weight is 478 g/mol. The number of nitro benzene ring substituents is 1. The number of fused-ring (bicyclic) bond motifs is 1. The number of carbonyl (C=O) groups is 2. The van der Waals surface area contributed by atoms with Crippen LogP contribution in [-0.2, 0) is 14.4 Å². The van der Waals surface area contributed by atoms with E-state index in [1.807, 2.05) is 32.0 Å². The van der Waals surface area contributed by atoms with Crippen molar-refractivity contribution in [3.05, 3.63) is 98.6 Å². The lowest BCUT2D eigenvalue weighted by molar-refractivity contribution is -0.384. The molecule has 2 heterocycles. The average Bonchev–Trinajstić information content (AvgIpc) is 3.31. The van der Waals surface area contributed by atoms with E-state index in [1.54, 1.807) is 36.4 Å². The van der Waals surface area contributed by atoms with Crippen molar-refractivity contribution in [3.63, 3.8) is 0 Å². The molecule has 3 aromatic carbocycles. The summed E-state index contributed by atoms with van der Waals surface area (Å²) >= 11 is 6.03. The first kappa shape index (κ1) is 22.1. The van der Waals surface area contributed by atoms with E-state index >= 15 is 0 Å². The number of halogens is 1. The molecule has 0 saturated carbocycles. The minimum atomic E-state index is -1.06. The van der Waals surface area contributed by atoms with Crippen molar-refractivity contribution in [2.75, 3.05) is 9.96 Å². The third-order valence-corrected chi connectivity index (χ3v) is 6.55. The zero-order valence-electron chi connectivity index (χ0n) is 18.3. The van der Waals surface area contributed by atoms with Crippen LogP contribution in [0.25, 0.3) is 0 Å². The molecule has 9 heteroatoms. The molecule has 2 fully saturated rings. The highest BCUT2D eigenvalue weighted by molar-refractivity contribution is 6.32. The van der Waals surface area contributed by atoms with Crippen LogP contribution < -0.4 is 9.96 Å². The molecule has 3 aromatic rings. The fourth-order valence-corrected chi connectivity index (χ4v) is 4.89. The van der Waals surface area contributed by atoms with E-state index in [1.165, 1.54) is 22.1 Å². The zero-order valence-corrected chi connectivity index (χ0v) is 19.1. The summed E-state index contributed by atoms with van der Waals surface area (Å²) in [6.45, 7) is 3.78. The van der Waals surface area contributed by atoms with E-state index in [0.29, 0.717) is 16.9 Å². The first-order valence-corrected chi connectivity index (χ1v) is 11.1. The van der Waals surface area contributed by atoms with Crippen molar-refractivity contribution in [1.29, 1.82) is 0 Å². The second-order valence-electron chi connectivity index (χ2n) is 8.43. The maximum atomic E-state index is 13.7. The van der Waals surface area contributed by atoms with Crippen molar-refractivity contribution >= 4 is 40.5 Å². The third-order valence-electron chi connectivity index (χ3n) is 6.23. The fraction of sp³-hybridized carbons (Fsp3) is 0.200. The van der Waals surface area contributed by atoms with Gasteiger partial charge in [-0.1, -0.05) is 53.6 Å². The summed E-state index contributed by atoms with van der Waals surface area (Å²) in [5.41, 5.74) is 3.11. The number of carbonyl (C=O) groups excluding carboxylic acids is 2. The molecule has 5 rings (SSSR count). The van der Waals surface area contributed by atoms with Gasteiger partial charge in [0.25, 0.3) is 11.6 Å². The fourth-order valence-electron chi connectivity index (χ4n) is 4.70. The van der Waals surface area contributed by atoms with Gasteiger partial charge >= 0.3 is 0 Å². The molecule has 0 bridgehead atoms. The minimum Gasteiger partial charge on any atom is -0.273 e. The number of aryl methyl sites for hydroxylation is 2. The van der Waals surface area contributed by atoms with Gasteiger partial charge in [0.1, 0.15) is 10.9 Å². The van der Waals surface area contributed by atoms with Gasteiger partial charge in [0.05, 0.1) is 22.3 Å². The highest BCUT2D eigenvalue weighted by Crippen LogP contribution is 2.48. The molecular weight excluding hydrogens is 458 g/mol. The summed E-state index contributed by atoms with van der Waals surface area (Å²) in [5.74, 6) is -1.77. The van der Waals surface area contributed by atoms with Crippen LogP contribution in [0.2, 0.25) is 5.02 Å². The Morgan fingerprint density at radius 2 is 1.71 bits per heavy atom. The van der Waals surface area contributed by atoms with E-state index in [9.17, 15) is 19.7 Å². The van der Waals surface area contributed by atoms with E-state index in [-0.39, 0.29) is 10.7 Å². The Morgan fingerprint density at radius 1 is 0.971 bits per heavy atom. The van der Waals surface area contributed by atoms with Crippen molar-refractivity contribution in [1.82, 2.24) is 0 Å². The summed E-state index contributed by atoms with van der Waals surface area (Å²) in [7, 11) is 0.